The Hall–Kier alpha value is -2.34. The van der Waals surface area contributed by atoms with Crippen LogP contribution in [0.5, 0.6) is 0 Å². The number of aryl methyl sites for hydroxylation is 1. The Bertz CT molecular complexity index is 609. The molecule has 0 unspecified atom stereocenters. The first kappa shape index (κ1) is 15.1. The van der Waals surface area contributed by atoms with Gasteiger partial charge in [-0.05, 0) is 19.1 Å². The number of urea groups is 1. The number of nitrogens with zero attached hydrogens (tertiary/aromatic N) is 2. The van der Waals surface area contributed by atoms with Crippen LogP contribution in [-0.4, -0.2) is 35.3 Å². The molecule has 2 aromatic rings. The van der Waals surface area contributed by atoms with Crippen LogP contribution in [0.1, 0.15) is 6.92 Å². The fraction of sp³-hybridized carbons (Fsp3) is 0.333. The van der Waals surface area contributed by atoms with Gasteiger partial charge >= 0.3 is 6.03 Å². The van der Waals surface area contributed by atoms with Crippen molar-refractivity contribution in [3.63, 3.8) is 0 Å². The summed E-state index contributed by atoms with van der Waals surface area (Å²) in [5.74, 6) is 0.854. The average molecular weight is 288 g/mol. The van der Waals surface area contributed by atoms with Crippen molar-refractivity contribution in [2.24, 2.45) is 7.05 Å². The number of hydrogen-bond donors (Lipinski definition) is 2. The van der Waals surface area contributed by atoms with E-state index in [1.54, 1.807) is 13.3 Å². The Balaban J connectivity index is 2.05. The van der Waals surface area contributed by atoms with E-state index >= 15 is 0 Å². The van der Waals surface area contributed by atoms with Gasteiger partial charge in [0.1, 0.15) is 5.82 Å². The molecule has 1 aromatic carbocycles. The molecule has 2 amide bonds. The molecule has 0 radical (unpaired) electrons. The lowest BCUT2D eigenvalue weighted by atomic mass is 10.2. The molecule has 6 heteroatoms. The van der Waals surface area contributed by atoms with Crippen LogP contribution in [-0.2, 0) is 11.8 Å². The molecule has 112 valence electrons. The quantitative estimate of drug-likeness (QED) is 0.886. The highest BCUT2D eigenvalue weighted by Gasteiger charge is 2.08. The van der Waals surface area contributed by atoms with Crippen molar-refractivity contribution in [2.45, 2.75) is 13.0 Å². The van der Waals surface area contributed by atoms with Crippen LogP contribution in [0, 0.1) is 0 Å². The zero-order valence-corrected chi connectivity index (χ0v) is 12.5. The summed E-state index contributed by atoms with van der Waals surface area (Å²) in [4.78, 5) is 16.2. The van der Waals surface area contributed by atoms with E-state index in [4.69, 9.17) is 4.74 Å². The van der Waals surface area contributed by atoms with Crippen molar-refractivity contribution >= 4 is 11.7 Å². The molecular formula is C15H20N4O2. The van der Waals surface area contributed by atoms with Gasteiger partial charge in [-0.15, -0.1) is 0 Å². The topological polar surface area (TPSA) is 68.2 Å². The molecule has 1 heterocycles. The largest absolute Gasteiger partial charge is 0.383 e. The van der Waals surface area contributed by atoms with Gasteiger partial charge in [0.05, 0.1) is 12.6 Å². The zero-order valence-electron chi connectivity index (χ0n) is 12.5. The highest BCUT2D eigenvalue weighted by atomic mass is 16.5. The number of nitrogens with one attached hydrogen (secondary N) is 2. The lowest BCUT2D eigenvalue weighted by molar-refractivity contribution is 0.173. The van der Waals surface area contributed by atoms with Gasteiger partial charge in [0.25, 0.3) is 0 Å². The minimum Gasteiger partial charge on any atom is -0.383 e. The summed E-state index contributed by atoms with van der Waals surface area (Å²) in [6.07, 6.45) is 3.63. The van der Waals surface area contributed by atoms with Crippen LogP contribution < -0.4 is 10.6 Å². The lowest BCUT2D eigenvalue weighted by Gasteiger charge is -2.14. The van der Waals surface area contributed by atoms with Crippen LogP contribution in [0.15, 0.2) is 36.7 Å². The van der Waals surface area contributed by atoms with Crippen molar-refractivity contribution < 1.29 is 9.53 Å². The van der Waals surface area contributed by atoms with E-state index in [0.717, 1.165) is 17.1 Å². The summed E-state index contributed by atoms with van der Waals surface area (Å²) < 4.78 is 6.91. The van der Waals surface area contributed by atoms with E-state index in [9.17, 15) is 4.79 Å². The summed E-state index contributed by atoms with van der Waals surface area (Å²) in [5, 5.41) is 5.61. The van der Waals surface area contributed by atoms with Crippen LogP contribution in [0.3, 0.4) is 0 Å². The molecule has 6 nitrogen and oxygen atoms in total. The fourth-order valence-electron chi connectivity index (χ4n) is 2.06. The Labute approximate surface area is 124 Å². The minimum absolute atomic E-state index is 0.0484. The molecule has 0 aliphatic heterocycles. The van der Waals surface area contributed by atoms with Crippen molar-refractivity contribution in [1.29, 1.82) is 0 Å². The molecule has 1 aromatic heterocycles. The molecule has 1 atom stereocenters. The first-order chi connectivity index (χ1) is 10.1. The summed E-state index contributed by atoms with van der Waals surface area (Å²) >= 11 is 0. The Morgan fingerprint density at radius 1 is 1.48 bits per heavy atom. The van der Waals surface area contributed by atoms with Gasteiger partial charge in [-0.1, -0.05) is 12.1 Å². The predicted octanol–water partition coefficient (Wildman–Crippen LogP) is 2.24. The second-order valence-electron chi connectivity index (χ2n) is 4.90. The number of ether oxygens (including phenoxy) is 1. The van der Waals surface area contributed by atoms with E-state index in [1.807, 2.05) is 49.0 Å². The molecule has 0 aliphatic rings. The van der Waals surface area contributed by atoms with Crippen LogP contribution in [0.2, 0.25) is 0 Å². The van der Waals surface area contributed by atoms with Crippen LogP contribution in [0.4, 0.5) is 10.5 Å². The standard InChI is InChI=1S/C15H20N4O2/c1-11(10-21-3)17-15(20)18-13-6-4-5-12(9-13)14-16-7-8-19(14)2/h4-9,11H,10H2,1-3H3,(H2,17,18,20)/t11-/m1/s1. The third-order valence-corrected chi connectivity index (χ3v) is 2.99. The molecule has 0 saturated carbocycles. The number of amides is 2. The number of aromatic nitrogens is 2. The first-order valence-corrected chi connectivity index (χ1v) is 6.74. The number of methoxy groups -OCH3 is 1. The SMILES string of the molecule is COC[C@@H](C)NC(=O)Nc1cccc(-c2nccn2C)c1. The Morgan fingerprint density at radius 2 is 2.29 bits per heavy atom. The lowest BCUT2D eigenvalue weighted by Crippen LogP contribution is -2.38. The molecule has 2 rings (SSSR count). The maximum absolute atomic E-state index is 11.9. The molecule has 0 spiro atoms. The van der Waals surface area contributed by atoms with E-state index < -0.39 is 0 Å². The van der Waals surface area contributed by atoms with Gasteiger partial charge in [0, 0.05) is 37.8 Å². The number of rotatable bonds is 5. The van der Waals surface area contributed by atoms with Gasteiger partial charge in [-0.25, -0.2) is 9.78 Å². The van der Waals surface area contributed by atoms with Gasteiger partial charge < -0.3 is 19.9 Å². The van der Waals surface area contributed by atoms with Gasteiger partial charge in [-0.2, -0.15) is 0 Å². The predicted molar refractivity (Wildman–Crippen MR) is 82.1 cm³/mol. The fourth-order valence-corrected chi connectivity index (χ4v) is 2.06. The molecule has 0 bridgehead atoms. The number of hydrogen-bond acceptors (Lipinski definition) is 3. The van der Waals surface area contributed by atoms with E-state index in [1.165, 1.54) is 0 Å². The normalized spacial score (nSPS) is 12.0. The molecular weight excluding hydrogens is 268 g/mol. The molecule has 0 saturated heterocycles. The van der Waals surface area contributed by atoms with Crippen molar-refractivity contribution in [3.8, 4) is 11.4 Å². The Kier molecular flexibility index (Phi) is 4.94. The summed E-state index contributed by atoms with van der Waals surface area (Å²) in [5.41, 5.74) is 1.67. The first-order valence-electron chi connectivity index (χ1n) is 6.74. The van der Waals surface area contributed by atoms with Crippen molar-refractivity contribution in [1.82, 2.24) is 14.9 Å². The van der Waals surface area contributed by atoms with Gasteiger partial charge in [0.2, 0.25) is 0 Å². The smallest absolute Gasteiger partial charge is 0.319 e. The average Bonchev–Trinajstić information content (AvgIpc) is 2.85. The maximum Gasteiger partial charge on any atom is 0.319 e. The third kappa shape index (κ3) is 4.06. The van der Waals surface area contributed by atoms with Crippen molar-refractivity contribution in [2.75, 3.05) is 19.0 Å². The highest BCUT2D eigenvalue weighted by molar-refractivity contribution is 5.90. The number of carbonyl (C=O) groups is 1. The summed E-state index contributed by atoms with van der Waals surface area (Å²) in [7, 11) is 3.54. The Morgan fingerprint density at radius 3 is 2.95 bits per heavy atom. The van der Waals surface area contributed by atoms with Crippen LogP contribution >= 0.6 is 0 Å². The van der Waals surface area contributed by atoms with Gasteiger partial charge in [-0.3, -0.25) is 0 Å². The number of carbonyl (C=O) groups excluding carboxylic acids is 1. The molecule has 0 fully saturated rings. The van der Waals surface area contributed by atoms with E-state index in [-0.39, 0.29) is 12.1 Å². The monoisotopic (exact) mass is 288 g/mol. The highest BCUT2D eigenvalue weighted by Crippen LogP contribution is 2.20. The van der Waals surface area contributed by atoms with Crippen LogP contribution in [0.25, 0.3) is 11.4 Å². The third-order valence-electron chi connectivity index (χ3n) is 2.99. The van der Waals surface area contributed by atoms with E-state index in [0.29, 0.717) is 6.61 Å². The summed E-state index contributed by atoms with van der Waals surface area (Å²) in [6.45, 7) is 2.36. The maximum atomic E-state index is 11.9. The van der Waals surface area contributed by atoms with Gasteiger partial charge in [0.15, 0.2) is 0 Å². The number of anilines is 1. The number of imidazole rings is 1. The van der Waals surface area contributed by atoms with Crippen molar-refractivity contribution in [3.05, 3.63) is 36.7 Å². The second kappa shape index (κ2) is 6.90. The zero-order chi connectivity index (χ0) is 15.2. The summed E-state index contributed by atoms with van der Waals surface area (Å²) in [6, 6.07) is 7.27. The second-order valence-corrected chi connectivity index (χ2v) is 4.90. The molecule has 2 N–H and O–H groups in total. The molecule has 0 aliphatic carbocycles. The van der Waals surface area contributed by atoms with E-state index in [2.05, 4.69) is 15.6 Å². The molecule has 21 heavy (non-hydrogen) atoms. The minimum atomic E-state index is -0.253. The number of benzene rings is 1.